The van der Waals surface area contributed by atoms with Crippen molar-refractivity contribution in [2.75, 3.05) is 44.2 Å². The molecule has 0 bridgehead atoms. The highest BCUT2D eigenvalue weighted by atomic mass is 35.5. The lowest BCUT2D eigenvalue weighted by Gasteiger charge is -2.29. The Bertz CT molecular complexity index is 1300. The van der Waals surface area contributed by atoms with Crippen LogP contribution in [0.5, 0.6) is 0 Å². The lowest BCUT2D eigenvalue weighted by Crippen LogP contribution is -2.39. The Morgan fingerprint density at radius 2 is 1.70 bits per heavy atom. The summed E-state index contributed by atoms with van der Waals surface area (Å²) in [4.78, 5) is 22.7. The summed E-state index contributed by atoms with van der Waals surface area (Å²) >= 11 is 1.51. The van der Waals surface area contributed by atoms with Crippen LogP contribution in [-0.4, -0.2) is 67.8 Å². The highest BCUT2D eigenvalue weighted by Gasteiger charge is 2.29. The van der Waals surface area contributed by atoms with Gasteiger partial charge in [0.1, 0.15) is 0 Å². The topological polar surface area (TPSA) is 73.8 Å². The largest absolute Gasteiger partial charge is 0.302 e. The van der Waals surface area contributed by atoms with Gasteiger partial charge in [-0.15, -0.1) is 12.4 Å². The first-order valence-electron chi connectivity index (χ1n) is 12.7. The number of halogens is 1. The van der Waals surface area contributed by atoms with E-state index in [1.807, 2.05) is 19.1 Å². The SMILES string of the molecule is CCN(CC)CCN(C(=O)c1ccc(S(=O)(=O)N2CCC(C)CC2)cc1)c1nc2ccc(C)cc2s1.Cl. The van der Waals surface area contributed by atoms with Gasteiger partial charge in [-0.05, 0) is 80.7 Å². The van der Waals surface area contributed by atoms with Crippen LogP contribution in [-0.2, 0) is 10.0 Å². The third kappa shape index (κ3) is 6.70. The third-order valence-corrected chi connectivity index (χ3v) is 9.98. The lowest BCUT2D eigenvalue weighted by atomic mass is 10.0. The molecule has 202 valence electrons. The molecule has 7 nitrogen and oxygen atoms in total. The lowest BCUT2D eigenvalue weighted by molar-refractivity contribution is 0.0983. The molecule has 0 unspecified atom stereocenters. The molecular weight excluding hydrogens is 528 g/mol. The van der Waals surface area contributed by atoms with E-state index in [2.05, 4.69) is 31.7 Å². The van der Waals surface area contributed by atoms with Crippen molar-refractivity contribution in [2.45, 2.75) is 45.4 Å². The fourth-order valence-corrected chi connectivity index (χ4v) is 7.06. The zero-order valence-corrected chi connectivity index (χ0v) is 24.5. The molecule has 0 spiro atoms. The second kappa shape index (κ2) is 12.7. The maximum Gasteiger partial charge on any atom is 0.260 e. The molecule has 3 aromatic rings. The van der Waals surface area contributed by atoms with E-state index in [0.29, 0.717) is 36.2 Å². The second-order valence-corrected chi connectivity index (χ2v) is 12.5. The average Bonchev–Trinajstić information content (AvgIpc) is 3.29. The Labute approximate surface area is 230 Å². The molecule has 0 radical (unpaired) electrons. The van der Waals surface area contributed by atoms with Crippen LogP contribution in [0.25, 0.3) is 10.2 Å². The van der Waals surface area contributed by atoms with Crippen molar-refractivity contribution < 1.29 is 13.2 Å². The van der Waals surface area contributed by atoms with Gasteiger partial charge in [0.15, 0.2) is 5.13 Å². The average molecular weight is 565 g/mol. The van der Waals surface area contributed by atoms with Crippen LogP contribution in [0.2, 0.25) is 0 Å². The number of hydrogen-bond donors (Lipinski definition) is 0. The minimum atomic E-state index is -3.56. The smallest absolute Gasteiger partial charge is 0.260 e. The first-order chi connectivity index (χ1) is 17.2. The summed E-state index contributed by atoms with van der Waals surface area (Å²) in [6, 6.07) is 12.5. The van der Waals surface area contributed by atoms with Crippen molar-refractivity contribution in [1.82, 2.24) is 14.2 Å². The van der Waals surface area contributed by atoms with Crippen LogP contribution in [0.3, 0.4) is 0 Å². The number of anilines is 1. The van der Waals surface area contributed by atoms with Gasteiger partial charge in [0.25, 0.3) is 5.91 Å². The fourth-order valence-electron chi connectivity index (χ4n) is 4.50. The molecule has 1 amide bonds. The summed E-state index contributed by atoms with van der Waals surface area (Å²) in [5.41, 5.74) is 2.48. The molecule has 1 aliphatic heterocycles. The second-order valence-electron chi connectivity index (χ2n) is 9.56. The van der Waals surface area contributed by atoms with E-state index in [1.54, 1.807) is 33.5 Å². The monoisotopic (exact) mass is 564 g/mol. The van der Waals surface area contributed by atoms with E-state index in [9.17, 15) is 13.2 Å². The van der Waals surface area contributed by atoms with Crippen molar-refractivity contribution in [3.8, 4) is 0 Å². The van der Waals surface area contributed by atoms with E-state index in [4.69, 9.17) is 4.98 Å². The zero-order valence-electron chi connectivity index (χ0n) is 22.0. The zero-order chi connectivity index (χ0) is 25.9. The maximum atomic E-state index is 13.7. The number of hydrogen-bond acceptors (Lipinski definition) is 6. The van der Waals surface area contributed by atoms with Gasteiger partial charge in [-0.2, -0.15) is 4.31 Å². The van der Waals surface area contributed by atoms with Crippen molar-refractivity contribution >= 4 is 55.0 Å². The van der Waals surface area contributed by atoms with Crippen LogP contribution in [0.1, 0.15) is 49.5 Å². The minimum Gasteiger partial charge on any atom is -0.302 e. The van der Waals surface area contributed by atoms with Crippen molar-refractivity contribution in [2.24, 2.45) is 5.92 Å². The van der Waals surface area contributed by atoms with Crippen molar-refractivity contribution in [3.63, 3.8) is 0 Å². The van der Waals surface area contributed by atoms with Gasteiger partial charge in [0.05, 0.1) is 15.1 Å². The molecule has 2 aromatic carbocycles. The van der Waals surface area contributed by atoms with Gasteiger partial charge >= 0.3 is 0 Å². The molecule has 0 atom stereocenters. The number of carbonyl (C=O) groups excluding carboxylic acids is 1. The molecule has 1 saturated heterocycles. The molecule has 2 heterocycles. The number of likely N-dealkylation sites (N-methyl/N-ethyl adjacent to an activating group) is 1. The van der Waals surface area contributed by atoms with Crippen molar-refractivity contribution in [3.05, 3.63) is 53.6 Å². The van der Waals surface area contributed by atoms with E-state index in [1.165, 1.54) is 11.3 Å². The van der Waals surface area contributed by atoms with Gasteiger partial charge in [-0.25, -0.2) is 13.4 Å². The van der Waals surface area contributed by atoms with E-state index < -0.39 is 10.0 Å². The molecule has 0 aliphatic carbocycles. The molecule has 0 N–H and O–H groups in total. The van der Waals surface area contributed by atoms with Crippen LogP contribution >= 0.6 is 23.7 Å². The summed E-state index contributed by atoms with van der Waals surface area (Å²) in [6.07, 6.45) is 1.75. The Kier molecular flexibility index (Phi) is 10.1. The predicted octanol–water partition coefficient (Wildman–Crippen LogP) is 5.44. The number of rotatable bonds is 9. The first-order valence-corrected chi connectivity index (χ1v) is 15.0. The predicted molar refractivity (Wildman–Crippen MR) is 155 cm³/mol. The summed E-state index contributed by atoms with van der Waals surface area (Å²) in [6.45, 7) is 12.5. The number of carbonyl (C=O) groups is 1. The number of aromatic nitrogens is 1. The van der Waals surface area contributed by atoms with Gasteiger partial charge in [0, 0.05) is 31.7 Å². The number of piperidine rings is 1. The molecule has 1 aromatic heterocycles. The number of fused-ring (bicyclic) bond motifs is 1. The van der Waals surface area contributed by atoms with Crippen LogP contribution in [0.4, 0.5) is 5.13 Å². The molecule has 1 aliphatic rings. The number of sulfonamides is 1. The number of benzene rings is 2. The minimum absolute atomic E-state index is 0. The Hall–Kier alpha value is -2.04. The molecule has 37 heavy (non-hydrogen) atoms. The number of amides is 1. The van der Waals surface area contributed by atoms with E-state index in [-0.39, 0.29) is 23.2 Å². The number of aryl methyl sites for hydroxylation is 1. The summed E-state index contributed by atoms with van der Waals surface area (Å²) in [5, 5.41) is 0.659. The van der Waals surface area contributed by atoms with E-state index in [0.717, 1.165) is 48.3 Å². The number of thiazole rings is 1. The van der Waals surface area contributed by atoms with Gasteiger partial charge in [-0.1, -0.05) is 38.2 Å². The Morgan fingerprint density at radius 3 is 2.32 bits per heavy atom. The van der Waals surface area contributed by atoms with Crippen LogP contribution < -0.4 is 4.90 Å². The maximum absolute atomic E-state index is 13.7. The normalized spacial score (nSPS) is 15.2. The highest BCUT2D eigenvalue weighted by Crippen LogP contribution is 2.31. The van der Waals surface area contributed by atoms with Crippen LogP contribution in [0.15, 0.2) is 47.4 Å². The molecule has 0 saturated carbocycles. The van der Waals surface area contributed by atoms with Crippen LogP contribution in [0, 0.1) is 12.8 Å². The fraction of sp³-hybridized carbons (Fsp3) is 0.481. The molecular formula is C27H37ClN4O3S2. The molecule has 1 fully saturated rings. The Balaban J connectivity index is 0.00000380. The van der Waals surface area contributed by atoms with Crippen molar-refractivity contribution in [1.29, 1.82) is 0 Å². The summed E-state index contributed by atoms with van der Waals surface area (Å²) < 4.78 is 28.8. The Morgan fingerprint density at radius 1 is 1.05 bits per heavy atom. The molecule has 4 rings (SSSR count). The highest BCUT2D eigenvalue weighted by molar-refractivity contribution is 7.89. The van der Waals surface area contributed by atoms with Gasteiger partial charge in [0.2, 0.25) is 10.0 Å². The quantitative estimate of drug-likeness (QED) is 0.346. The van der Waals surface area contributed by atoms with Gasteiger partial charge < -0.3 is 4.90 Å². The van der Waals surface area contributed by atoms with Gasteiger partial charge in [-0.3, -0.25) is 9.69 Å². The summed E-state index contributed by atoms with van der Waals surface area (Å²) in [5.74, 6) is 0.374. The summed E-state index contributed by atoms with van der Waals surface area (Å²) in [7, 11) is -3.56. The standard InChI is InChI=1S/C27H36N4O3S2.ClH/c1-5-29(6-2)17-18-31(27-28-24-12-7-21(4)19-25(24)35-27)26(32)22-8-10-23(11-9-22)36(33,34)30-15-13-20(3)14-16-30;/h7-12,19-20H,5-6,13-18H2,1-4H3;1H. The molecule has 10 heteroatoms. The number of nitrogens with zero attached hydrogens (tertiary/aromatic N) is 4. The first kappa shape index (κ1) is 29.5. The van der Waals surface area contributed by atoms with E-state index >= 15 is 0 Å². The third-order valence-electron chi connectivity index (χ3n) is 7.02.